The van der Waals surface area contributed by atoms with Crippen molar-refractivity contribution in [2.45, 2.75) is 25.4 Å². The Kier molecular flexibility index (Phi) is 6.18. The van der Waals surface area contributed by atoms with Gasteiger partial charge in [0.15, 0.2) is 0 Å². The highest BCUT2D eigenvalue weighted by molar-refractivity contribution is 7.97. The molecule has 2 aromatic rings. The van der Waals surface area contributed by atoms with Crippen LogP contribution in [0.4, 0.5) is 0 Å². The summed E-state index contributed by atoms with van der Waals surface area (Å²) in [5.74, 6) is 2.96. The summed E-state index contributed by atoms with van der Waals surface area (Å²) in [5.41, 5.74) is 2.46. The van der Waals surface area contributed by atoms with Gasteiger partial charge in [0.2, 0.25) is 0 Å². The summed E-state index contributed by atoms with van der Waals surface area (Å²) in [7, 11) is 1.72. The molecule has 1 N–H and O–H groups in total. The lowest BCUT2D eigenvalue weighted by molar-refractivity contribution is 0.185. The standard InChI is InChI=1S/C16H21NO2S/c1-18-11-14-5-3-4-13(8-14)9-17-10-15-6-7-16(19-15)12-20-2/h3-8,17H,9-12H2,1-2H3. The maximum Gasteiger partial charge on any atom is 0.118 e. The van der Waals surface area contributed by atoms with Crippen LogP contribution in [0.1, 0.15) is 22.6 Å². The third-order valence-electron chi connectivity index (χ3n) is 2.93. The van der Waals surface area contributed by atoms with Gasteiger partial charge < -0.3 is 14.5 Å². The molecule has 0 fully saturated rings. The van der Waals surface area contributed by atoms with Crippen LogP contribution in [0.25, 0.3) is 0 Å². The fraction of sp³-hybridized carbons (Fsp3) is 0.375. The van der Waals surface area contributed by atoms with Gasteiger partial charge in [0, 0.05) is 13.7 Å². The highest BCUT2D eigenvalue weighted by Gasteiger charge is 2.01. The van der Waals surface area contributed by atoms with Crippen LogP contribution >= 0.6 is 11.8 Å². The van der Waals surface area contributed by atoms with Crippen molar-refractivity contribution in [2.24, 2.45) is 0 Å². The van der Waals surface area contributed by atoms with Crippen LogP contribution in [0.15, 0.2) is 40.8 Å². The third-order valence-corrected chi connectivity index (χ3v) is 3.51. The molecule has 0 saturated heterocycles. The van der Waals surface area contributed by atoms with Gasteiger partial charge in [-0.25, -0.2) is 0 Å². The molecular weight excluding hydrogens is 270 g/mol. The van der Waals surface area contributed by atoms with E-state index in [1.807, 2.05) is 12.1 Å². The molecule has 1 heterocycles. The van der Waals surface area contributed by atoms with Gasteiger partial charge in [0.05, 0.1) is 18.9 Å². The van der Waals surface area contributed by atoms with Crippen molar-refractivity contribution in [3.05, 3.63) is 59.0 Å². The number of ether oxygens (including phenoxy) is 1. The Hall–Kier alpha value is -1.23. The van der Waals surface area contributed by atoms with Gasteiger partial charge >= 0.3 is 0 Å². The van der Waals surface area contributed by atoms with E-state index in [1.54, 1.807) is 18.9 Å². The zero-order valence-electron chi connectivity index (χ0n) is 12.0. The van der Waals surface area contributed by atoms with Crippen LogP contribution in [0.5, 0.6) is 0 Å². The van der Waals surface area contributed by atoms with Crippen molar-refractivity contribution >= 4 is 11.8 Å². The summed E-state index contributed by atoms with van der Waals surface area (Å²) in [4.78, 5) is 0. The number of rotatable bonds is 8. The lowest BCUT2D eigenvalue weighted by Crippen LogP contribution is -2.12. The predicted molar refractivity (Wildman–Crippen MR) is 83.6 cm³/mol. The third kappa shape index (κ3) is 4.71. The van der Waals surface area contributed by atoms with Crippen molar-refractivity contribution in [2.75, 3.05) is 13.4 Å². The molecule has 0 aliphatic heterocycles. The Labute approximate surface area is 124 Å². The summed E-state index contributed by atoms with van der Waals surface area (Å²) in [6.45, 7) is 2.24. The van der Waals surface area contributed by atoms with E-state index >= 15 is 0 Å². The second kappa shape index (κ2) is 8.15. The van der Waals surface area contributed by atoms with Crippen LogP contribution < -0.4 is 5.32 Å². The lowest BCUT2D eigenvalue weighted by atomic mass is 10.1. The van der Waals surface area contributed by atoms with Crippen molar-refractivity contribution in [3.8, 4) is 0 Å². The van der Waals surface area contributed by atoms with Crippen LogP contribution in [-0.2, 0) is 30.2 Å². The molecule has 3 nitrogen and oxygen atoms in total. The van der Waals surface area contributed by atoms with E-state index in [2.05, 4.69) is 35.8 Å². The minimum absolute atomic E-state index is 0.657. The molecular formula is C16H21NO2S. The van der Waals surface area contributed by atoms with E-state index in [4.69, 9.17) is 9.15 Å². The molecule has 1 aromatic heterocycles. The number of benzene rings is 1. The molecule has 2 rings (SSSR count). The molecule has 108 valence electrons. The molecule has 0 aliphatic carbocycles. The molecule has 0 spiro atoms. The summed E-state index contributed by atoms with van der Waals surface area (Å²) in [6, 6.07) is 12.5. The predicted octanol–water partition coefficient (Wildman–Crippen LogP) is 3.58. The average molecular weight is 291 g/mol. The van der Waals surface area contributed by atoms with Crippen molar-refractivity contribution in [1.82, 2.24) is 5.32 Å². The fourth-order valence-electron chi connectivity index (χ4n) is 2.06. The summed E-state index contributed by atoms with van der Waals surface area (Å²) in [5, 5.41) is 3.40. The minimum Gasteiger partial charge on any atom is -0.464 e. The van der Waals surface area contributed by atoms with Gasteiger partial charge in [0.25, 0.3) is 0 Å². The summed E-state index contributed by atoms with van der Waals surface area (Å²) in [6.07, 6.45) is 2.08. The van der Waals surface area contributed by atoms with E-state index in [1.165, 1.54) is 11.1 Å². The Morgan fingerprint density at radius 2 is 1.90 bits per heavy atom. The number of thioether (sulfide) groups is 1. The Balaban J connectivity index is 1.81. The highest BCUT2D eigenvalue weighted by atomic mass is 32.2. The normalized spacial score (nSPS) is 10.9. The van der Waals surface area contributed by atoms with Gasteiger partial charge in [0.1, 0.15) is 11.5 Å². The molecule has 0 atom stereocenters. The maximum atomic E-state index is 5.72. The van der Waals surface area contributed by atoms with Gasteiger partial charge in [-0.3, -0.25) is 0 Å². The fourth-order valence-corrected chi connectivity index (χ4v) is 2.50. The quantitative estimate of drug-likeness (QED) is 0.806. The van der Waals surface area contributed by atoms with Crippen LogP contribution in [0.3, 0.4) is 0 Å². The second-order valence-electron chi connectivity index (χ2n) is 4.66. The number of furan rings is 1. The number of hydrogen-bond donors (Lipinski definition) is 1. The summed E-state index contributed by atoms with van der Waals surface area (Å²) < 4.78 is 10.9. The Bertz CT molecular complexity index is 525. The van der Waals surface area contributed by atoms with Crippen LogP contribution in [0.2, 0.25) is 0 Å². The number of nitrogens with one attached hydrogen (secondary N) is 1. The molecule has 0 unspecified atom stereocenters. The average Bonchev–Trinajstić information content (AvgIpc) is 2.88. The molecule has 0 bridgehead atoms. The van der Waals surface area contributed by atoms with E-state index < -0.39 is 0 Å². The first-order chi connectivity index (χ1) is 9.81. The molecule has 0 saturated carbocycles. The summed E-state index contributed by atoms with van der Waals surface area (Å²) >= 11 is 1.77. The van der Waals surface area contributed by atoms with Gasteiger partial charge in [-0.1, -0.05) is 24.3 Å². The lowest BCUT2D eigenvalue weighted by Gasteiger charge is -2.06. The molecule has 1 aromatic carbocycles. The SMILES string of the molecule is COCc1cccc(CNCc2ccc(CSC)o2)c1. The Morgan fingerprint density at radius 3 is 2.70 bits per heavy atom. The largest absolute Gasteiger partial charge is 0.464 e. The first-order valence-corrected chi connectivity index (χ1v) is 8.05. The second-order valence-corrected chi connectivity index (χ2v) is 5.52. The zero-order valence-corrected chi connectivity index (χ0v) is 12.8. The molecule has 0 aliphatic rings. The maximum absolute atomic E-state index is 5.72. The van der Waals surface area contributed by atoms with Gasteiger partial charge in [-0.15, -0.1) is 0 Å². The molecule has 0 amide bonds. The van der Waals surface area contributed by atoms with Crippen molar-refractivity contribution in [3.63, 3.8) is 0 Å². The monoisotopic (exact) mass is 291 g/mol. The van der Waals surface area contributed by atoms with E-state index in [9.17, 15) is 0 Å². The molecule has 4 heteroatoms. The van der Waals surface area contributed by atoms with E-state index in [0.717, 1.165) is 30.4 Å². The molecule has 0 radical (unpaired) electrons. The Morgan fingerprint density at radius 1 is 1.10 bits per heavy atom. The zero-order chi connectivity index (χ0) is 14.2. The first kappa shape index (κ1) is 15.2. The van der Waals surface area contributed by atoms with E-state index in [-0.39, 0.29) is 0 Å². The molecule has 20 heavy (non-hydrogen) atoms. The number of hydrogen-bond acceptors (Lipinski definition) is 4. The topological polar surface area (TPSA) is 34.4 Å². The number of methoxy groups -OCH3 is 1. The van der Waals surface area contributed by atoms with Crippen LogP contribution in [-0.4, -0.2) is 13.4 Å². The van der Waals surface area contributed by atoms with Crippen molar-refractivity contribution < 1.29 is 9.15 Å². The first-order valence-electron chi connectivity index (χ1n) is 6.66. The van der Waals surface area contributed by atoms with Gasteiger partial charge in [-0.05, 0) is 29.5 Å². The van der Waals surface area contributed by atoms with E-state index in [0.29, 0.717) is 6.61 Å². The smallest absolute Gasteiger partial charge is 0.118 e. The minimum atomic E-state index is 0.657. The van der Waals surface area contributed by atoms with Crippen molar-refractivity contribution in [1.29, 1.82) is 0 Å². The van der Waals surface area contributed by atoms with Gasteiger partial charge in [-0.2, -0.15) is 11.8 Å². The highest BCUT2D eigenvalue weighted by Crippen LogP contribution is 2.13. The van der Waals surface area contributed by atoms with Crippen LogP contribution in [0, 0.1) is 0 Å².